The molecular weight excluding hydrogens is 430 g/mol. The predicted octanol–water partition coefficient (Wildman–Crippen LogP) is 2.95. The van der Waals surface area contributed by atoms with Gasteiger partial charge in [-0.25, -0.2) is 4.79 Å². The highest BCUT2D eigenvalue weighted by Crippen LogP contribution is 2.48. The minimum Gasteiger partial charge on any atom is -0.482 e. The van der Waals surface area contributed by atoms with Crippen LogP contribution in [0.1, 0.15) is 50.9 Å². The van der Waals surface area contributed by atoms with Crippen LogP contribution >= 0.6 is 0 Å². The number of esters is 2. The van der Waals surface area contributed by atoms with Gasteiger partial charge >= 0.3 is 17.6 Å². The van der Waals surface area contributed by atoms with Crippen molar-refractivity contribution in [1.29, 1.82) is 0 Å². The summed E-state index contributed by atoms with van der Waals surface area (Å²) in [6.45, 7) is 6.03. The second-order valence-corrected chi connectivity index (χ2v) is 8.73. The first kappa shape index (κ1) is 22.7. The van der Waals surface area contributed by atoms with Crippen LogP contribution in [0.25, 0.3) is 11.3 Å². The highest BCUT2D eigenvalue weighted by atomic mass is 16.6. The van der Waals surface area contributed by atoms with Crippen molar-refractivity contribution < 1.29 is 33.0 Å². The van der Waals surface area contributed by atoms with E-state index in [0.717, 1.165) is 0 Å². The number of fused-ring (bicyclic) bond motifs is 2. The molecule has 0 bridgehead atoms. The molecule has 33 heavy (non-hydrogen) atoms. The molecule has 2 aromatic rings. The summed E-state index contributed by atoms with van der Waals surface area (Å²) < 4.78 is 22.6. The van der Waals surface area contributed by atoms with E-state index < -0.39 is 47.1 Å². The fourth-order valence-corrected chi connectivity index (χ4v) is 4.81. The van der Waals surface area contributed by atoms with Crippen LogP contribution in [-0.2, 0) is 19.1 Å². The van der Waals surface area contributed by atoms with Gasteiger partial charge < -0.3 is 18.6 Å². The number of ketones is 1. The molecule has 0 saturated heterocycles. The van der Waals surface area contributed by atoms with E-state index in [4.69, 9.17) is 18.6 Å². The van der Waals surface area contributed by atoms with Gasteiger partial charge in [-0.05, 0) is 38.8 Å². The lowest BCUT2D eigenvalue weighted by molar-refractivity contribution is -0.179. The zero-order chi connectivity index (χ0) is 23.9. The lowest BCUT2D eigenvalue weighted by atomic mass is 9.65. The Morgan fingerprint density at radius 1 is 1.21 bits per heavy atom. The number of rotatable bonds is 4. The fourth-order valence-electron chi connectivity index (χ4n) is 4.81. The van der Waals surface area contributed by atoms with Crippen molar-refractivity contribution in [3.63, 3.8) is 0 Å². The van der Waals surface area contributed by atoms with Crippen molar-refractivity contribution in [2.24, 2.45) is 11.8 Å². The van der Waals surface area contributed by atoms with Crippen molar-refractivity contribution in [3.05, 3.63) is 46.6 Å². The number of nitrogens with zero attached hydrogens (tertiary/aromatic N) is 1. The Bertz CT molecular complexity index is 1160. The zero-order valence-electron chi connectivity index (χ0n) is 18.8. The van der Waals surface area contributed by atoms with Crippen LogP contribution in [0.2, 0.25) is 0 Å². The molecule has 9 heteroatoms. The third-order valence-electron chi connectivity index (χ3n) is 6.46. The molecular formula is C24H25NO8. The Morgan fingerprint density at radius 2 is 1.97 bits per heavy atom. The van der Waals surface area contributed by atoms with Crippen LogP contribution in [0.3, 0.4) is 0 Å². The Hall–Kier alpha value is -3.49. The summed E-state index contributed by atoms with van der Waals surface area (Å²) in [5.41, 5.74) is -1.64. The maximum absolute atomic E-state index is 13.5. The largest absolute Gasteiger partial charge is 0.482 e. The first-order valence-corrected chi connectivity index (χ1v) is 10.8. The Morgan fingerprint density at radius 3 is 2.61 bits per heavy atom. The maximum atomic E-state index is 13.5. The molecule has 4 rings (SSSR count). The minimum atomic E-state index is -1.21. The smallest absolute Gasteiger partial charge is 0.351 e. The fraction of sp³-hybridized carbons (Fsp3) is 0.458. The number of ether oxygens (including phenoxy) is 3. The lowest BCUT2D eigenvalue weighted by Gasteiger charge is -2.50. The molecule has 9 nitrogen and oxygen atoms in total. The lowest BCUT2D eigenvalue weighted by Crippen LogP contribution is -2.62. The molecule has 174 valence electrons. The van der Waals surface area contributed by atoms with Crippen LogP contribution in [0.5, 0.6) is 5.75 Å². The molecule has 2 aliphatic rings. The topological polar surface area (TPSA) is 122 Å². The summed E-state index contributed by atoms with van der Waals surface area (Å²) in [7, 11) is 0. The van der Waals surface area contributed by atoms with Gasteiger partial charge in [-0.2, -0.15) is 0 Å². The van der Waals surface area contributed by atoms with Gasteiger partial charge in [0.05, 0.1) is 5.92 Å². The molecule has 1 aliphatic heterocycles. The molecule has 5 atom stereocenters. The molecule has 0 radical (unpaired) electrons. The number of hydrogen-bond acceptors (Lipinski definition) is 9. The third-order valence-corrected chi connectivity index (χ3v) is 6.46. The predicted molar refractivity (Wildman–Crippen MR) is 115 cm³/mol. The SMILES string of the molecule is CC(=O)OC(C)C1CC(OC(C)=O)C2(C)Oc3cc(-c4cccnc4)oc(=O)c3C(=O)C2C1. The van der Waals surface area contributed by atoms with E-state index in [9.17, 15) is 19.2 Å². The number of carbonyl (C=O) groups excluding carboxylic acids is 3. The summed E-state index contributed by atoms with van der Waals surface area (Å²) in [6, 6.07) is 4.90. The average Bonchev–Trinajstić information content (AvgIpc) is 2.74. The molecule has 2 aromatic heterocycles. The van der Waals surface area contributed by atoms with Gasteiger partial charge in [0.1, 0.15) is 29.3 Å². The van der Waals surface area contributed by atoms with Gasteiger partial charge in [-0.1, -0.05) is 0 Å². The molecule has 3 heterocycles. The molecule has 0 N–H and O–H groups in total. The molecule has 0 aromatic carbocycles. The first-order valence-electron chi connectivity index (χ1n) is 10.8. The van der Waals surface area contributed by atoms with Crippen LogP contribution in [0, 0.1) is 11.8 Å². The van der Waals surface area contributed by atoms with Gasteiger partial charge in [0.15, 0.2) is 11.4 Å². The Kier molecular flexibility index (Phi) is 5.82. The summed E-state index contributed by atoms with van der Waals surface area (Å²) >= 11 is 0. The van der Waals surface area contributed by atoms with Crippen LogP contribution in [0.4, 0.5) is 0 Å². The van der Waals surface area contributed by atoms with Crippen molar-refractivity contribution in [1.82, 2.24) is 4.98 Å². The van der Waals surface area contributed by atoms with Gasteiger partial charge in [-0.3, -0.25) is 19.4 Å². The summed E-state index contributed by atoms with van der Waals surface area (Å²) in [4.78, 5) is 53.7. The number of carbonyl (C=O) groups is 3. The van der Waals surface area contributed by atoms with Crippen molar-refractivity contribution >= 4 is 17.7 Å². The Balaban J connectivity index is 1.77. The molecule has 1 aliphatic carbocycles. The number of pyridine rings is 1. The summed E-state index contributed by atoms with van der Waals surface area (Å²) in [5.74, 6) is -2.18. The minimum absolute atomic E-state index is 0.0810. The van der Waals surface area contributed by atoms with E-state index in [1.807, 2.05) is 0 Å². The van der Waals surface area contributed by atoms with Crippen LogP contribution in [-0.4, -0.2) is 40.5 Å². The van der Waals surface area contributed by atoms with Crippen LogP contribution in [0.15, 0.2) is 39.8 Å². The van der Waals surface area contributed by atoms with E-state index in [-0.39, 0.29) is 23.0 Å². The zero-order valence-corrected chi connectivity index (χ0v) is 18.8. The Labute approximate surface area is 190 Å². The number of aromatic nitrogens is 1. The second-order valence-electron chi connectivity index (χ2n) is 8.73. The number of Topliss-reactive ketones (excluding diaryl/α,β-unsaturated/α-hetero) is 1. The second kappa shape index (κ2) is 8.46. The maximum Gasteiger partial charge on any atom is 0.351 e. The van der Waals surface area contributed by atoms with Gasteiger partial charge in [0.2, 0.25) is 0 Å². The van der Waals surface area contributed by atoms with Crippen molar-refractivity contribution in [2.45, 2.75) is 58.3 Å². The molecule has 0 spiro atoms. The number of hydrogen-bond donors (Lipinski definition) is 0. The average molecular weight is 455 g/mol. The quantitative estimate of drug-likeness (QED) is 0.640. The highest BCUT2D eigenvalue weighted by Gasteiger charge is 2.58. The molecule has 0 amide bonds. The normalized spacial score (nSPS) is 26.9. The third kappa shape index (κ3) is 4.15. The van der Waals surface area contributed by atoms with Gasteiger partial charge in [-0.15, -0.1) is 0 Å². The first-order chi connectivity index (χ1) is 15.6. The summed E-state index contributed by atoms with van der Waals surface area (Å²) in [5, 5.41) is 0. The van der Waals surface area contributed by atoms with Crippen molar-refractivity contribution in [2.75, 3.05) is 0 Å². The van der Waals surface area contributed by atoms with Crippen molar-refractivity contribution in [3.8, 4) is 17.1 Å². The molecule has 5 unspecified atom stereocenters. The van der Waals surface area contributed by atoms with Crippen LogP contribution < -0.4 is 10.4 Å². The standard InChI is InChI=1S/C24H25NO8/c1-12(30-13(2)26)16-8-17-22(28)21-19(33-24(17,4)20(9-16)31-14(3)27)10-18(32-23(21)29)15-6-5-7-25-11-15/h5-7,10-12,16-17,20H,8-9H2,1-4H3. The van der Waals surface area contributed by atoms with Gasteiger partial charge in [0, 0.05) is 43.8 Å². The highest BCUT2D eigenvalue weighted by molar-refractivity contribution is 6.02. The van der Waals surface area contributed by atoms with E-state index in [0.29, 0.717) is 18.4 Å². The molecule has 1 saturated carbocycles. The van der Waals surface area contributed by atoms with E-state index in [1.54, 1.807) is 32.2 Å². The monoisotopic (exact) mass is 455 g/mol. The van der Waals surface area contributed by atoms with E-state index >= 15 is 0 Å². The van der Waals surface area contributed by atoms with E-state index in [1.165, 1.54) is 26.1 Å². The molecule has 1 fully saturated rings. The van der Waals surface area contributed by atoms with Gasteiger partial charge in [0.25, 0.3) is 0 Å². The summed E-state index contributed by atoms with van der Waals surface area (Å²) in [6.07, 6.45) is 2.45. The van der Waals surface area contributed by atoms with E-state index in [2.05, 4.69) is 4.98 Å².